The summed E-state index contributed by atoms with van der Waals surface area (Å²) in [6.45, 7) is 1.92. The van der Waals surface area contributed by atoms with Crippen molar-refractivity contribution in [3.05, 3.63) is 40.3 Å². The summed E-state index contributed by atoms with van der Waals surface area (Å²) in [5.74, 6) is -0.388. The van der Waals surface area contributed by atoms with E-state index >= 15 is 0 Å². The Balaban J connectivity index is 2.49. The molecule has 0 aromatic carbocycles. The van der Waals surface area contributed by atoms with Crippen LogP contribution in [0.3, 0.4) is 0 Å². The Bertz CT molecular complexity index is 488. The van der Waals surface area contributed by atoms with E-state index < -0.39 is 0 Å². The number of aryl methyl sites for hydroxylation is 1. The minimum absolute atomic E-state index is 0.388. The van der Waals surface area contributed by atoms with Gasteiger partial charge < -0.3 is 5.73 Å². The summed E-state index contributed by atoms with van der Waals surface area (Å²) < 4.78 is 0. The first-order chi connectivity index (χ1) is 7.18. The van der Waals surface area contributed by atoms with E-state index in [0.29, 0.717) is 4.88 Å². The van der Waals surface area contributed by atoms with Gasteiger partial charge in [-0.05, 0) is 24.4 Å². The molecule has 0 radical (unpaired) electrons. The van der Waals surface area contributed by atoms with Gasteiger partial charge in [-0.3, -0.25) is 9.78 Å². The highest BCUT2D eigenvalue weighted by atomic mass is 32.1. The highest BCUT2D eigenvalue weighted by molar-refractivity contribution is 7.12. The molecule has 0 bridgehead atoms. The van der Waals surface area contributed by atoms with Crippen LogP contribution in [0.25, 0.3) is 11.1 Å². The lowest BCUT2D eigenvalue weighted by atomic mass is 10.1. The molecule has 2 N–H and O–H groups in total. The van der Waals surface area contributed by atoms with Crippen molar-refractivity contribution in [3.63, 3.8) is 0 Å². The molecule has 0 aliphatic rings. The average Bonchev–Trinajstić information content (AvgIpc) is 2.67. The number of aromatic nitrogens is 1. The van der Waals surface area contributed by atoms with Crippen molar-refractivity contribution in [1.82, 2.24) is 4.98 Å². The summed E-state index contributed by atoms with van der Waals surface area (Å²) in [6, 6.07) is 5.74. The molecule has 15 heavy (non-hydrogen) atoms. The Morgan fingerprint density at radius 1 is 1.40 bits per heavy atom. The second-order valence-corrected chi connectivity index (χ2v) is 4.13. The normalized spacial score (nSPS) is 10.2. The Kier molecular flexibility index (Phi) is 2.51. The molecule has 76 valence electrons. The molecular weight excluding hydrogens is 208 g/mol. The molecule has 0 spiro atoms. The van der Waals surface area contributed by atoms with Crippen LogP contribution in [0.4, 0.5) is 0 Å². The summed E-state index contributed by atoms with van der Waals surface area (Å²) in [7, 11) is 0. The Labute approximate surface area is 91.6 Å². The maximum atomic E-state index is 11.1. The Hall–Kier alpha value is -1.68. The third kappa shape index (κ3) is 1.89. The molecule has 4 heteroatoms. The van der Waals surface area contributed by atoms with E-state index in [4.69, 9.17) is 5.73 Å². The van der Waals surface area contributed by atoms with Crippen molar-refractivity contribution in [3.8, 4) is 11.1 Å². The van der Waals surface area contributed by atoms with Gasteiger partial charge in [0.1, 0.15) is 0 Å². The molecule has 2 rings (SSSR count). The van der Waals surface area contributed by atoms with Gasteiger partial charge in [0.05, 0.1) is 4.88 Å². The van der Waals surface area contributed by atoms with Crippen LogP contribution < -0.4 is 5.73 Å². The second-order valence-electron chi connectivity index (χ2n) is 3.22. The van der Waals surface area contributed by atoms with Crippen molar-refractivity contribution < 1.29 is 4.79 Å². The van der Waals surface area contributed by atoms with E-state index in [1.807, 2.05) is 30.5 Å². The minimum Gasteiger partial charge on any atom is -0.365 e. The van der Waals surface area contributed by atoms with Crippen LogP contribution in [-0.2, 0) is 0 Å². The standard InChI is InChI=1S/C11H10N2OS/c1-7-2-3-8(6-13-7)9-4-5-15-10(9)11(12)14/h2-6H,1H3,(H2,12,14). The number of hydrogen-bond acceptors (Lipinski definition) is 3. The fourth-order valence-electron chi connectivity index (χ4n) is 1.35. The number of amides is 1. The molecule has 3 nitrogen and oxygen atoms in total. The lowest BCUT2D eigenvalue weighted by Gasteiger charge is -2.00. The minimum atomic E-state index is -0.388. The number of pyridine rings is 1. The van der Waals surface area contributed by atoms with E-state index in [1.165, 1.54) is 11.3 Å². The third-order valence-corrected chi connectivity index (χ3v) is 3.04. The van der Waals surface area contributed by atoms with E-state index in [0.717, 1.165) is 16.8 Å². The highest BCUT2D eigenvalue weighted by Crippen LogP contribution is 2.27. The van der Waals surface area contributed by atoms with Gasteiger partial charge in [0.2, 0.25) is 0 Å². The van der Waals surface area contributed by atoms with Crippen LogP contribution in [0, 0.1) is 6.92 Å². The predicted octanol–water partition coefficient (Wildman–Crippen LogP) is 2.22. The zero-order chi connectivity index (χ0) is 10.8. The molecule has 0 aliphatic carbocycles. The lowest BCUT2D eigenvalue weighted by molar-refractivity contribution is 0.100. The van der Waals surface area contributed by atoms with Crippen LogP contribution in [-0.4, -0.2) is 10.9 Å². The molecule has 1 amide bonds. The number of hydrogen-bond donors (Lipinski definition) is 1. The number of primary amides is 1. The first-order valence-corrected chi connectivity index (χ1v) is 5.37. The van der Waals surface area contributed by atoms with Gasteiger partial charge in [0, 0.05) is 23.0 Å². The van der Waals surface area contributed by atoms with Crippen molar-refractivity contribution in [1.29, 1.82) is 0 Å². The quantitative estimate of drug-likeness (QED) is 0.840. The maximum Gasteiger partial charge on any atom is 0.259 e. The largest absolute Gasteiger partial charge is 0.365 e. The first kappa shape index (κ1) is 9.86. The molecule has 2 aromatic heterocycles. The van der Waals surface area contributed by atoms with Gasteiger partial charge in [-0.15, -0.1) is 11.3 Å². The van der Waals surface area contributed by atoms with E-state index in [1.54, 1.807) is 6.20 Å². The second kappa shape index (κ2) is 3.82. The predicted molar refractivity (Wildman–Crippen MR) is 60.8 cm³/mol. The molecule has 0 aliphatic heterocycles. The van der Waals surface area contributed by atoms with Crippen molar-refractivity contribution in [2.75, 3.05) is 0 Å². The molecule has 0 saturated heterocycles. The Morgan fingerprint density at radius 3 is 2.80 bits per heavy atom. The van der Waals surface area contributed by atoms with Crippen LogP contribution in [0.15, 0.2) is 29.8 Å². The topological polar surface area (TPSA) is 56.0 Å². The van der Waals surface area contributed by atoms with Crippen LogP contribution in [0.5, 0.6) is 0 Å². The summed E-state index contributed by atoms with van der Waals surface area (Å²) in [5, 5.41) is 1.86. The maximum absolute atomic E-state index is 11.1. The van der Waals surface area contributed by atoms with Gasteiger partial charge in [-0.25, -0.2) is 0 Å². The van der Waals surface area contributed by atoms with Crippen molar-refractivity contribution >= 4 is 17.2 Å². The average molecular weight is 218 g/mol. The molecule has 0 atom stereocenters. The van der Waals surface area contributed by atoms with Gasteiger partial charge >= 0.3 is 0 Å². The monoisotopic (exact) mass is 218 g/mol. The molecule has 0 unspecified atom stereocenters. The van der Waals surface area contributed by atoms with E-state index in [-0.39, 0.29) is 5.91 Å². The fraction of sp³-hybridized carbons (Fsp3) is 0.0909. The Morgan fingerprint density at radius 2 is 2.20 bits per heavy atom. The van der Waals surface area contributed by atoms with Gasteiger partial charge in [-0.1, -0.05) is 6.07 Å². The first-order valence-electron chi connectivity index (χ1n) is 4.49. The number of carbonyl (C=O) groups excluding carboxylic acids is 1. The van der Waals surface area contributed by atoms with Crippen LogP contribution >= 0.6 is 11.3 Å². The van der Waals surface area contributed by atoms with Gasteiger partial charge in [0.15, 0.2) is 0 Å². The smallest absolute Gasteiger partial charge is 0.259 e. The fourth-order valence-corrected chi connectivity index (χ4v) is 2.12. The van der Waals surface area contributed by atoms with E-state index in [9.17, 15) is 4.79 Å². The van der Waals surface area contributed by atoms with Crippen LogP contribution in [0.2, 0.25) is 0 Å². The van der Waals surface area contributed by atoms with Gasteiger partial charge in [-0.2, -0.15) is 0 Å². The number of nitrogens with zero attached hydrogens (tertiary/aromatic N) is 1. The molecule has 2 aromatic rings. The number of rotatable bonds is 2. The molecule has 0 saturated carbocycles. The lowest BCUT2D eigenvalue weighted by Crippen LogP contribution is -2.09. The van der Waals surface area contributed by atoms with Crippen molar-refractivity contribution in [2.24, 2.45) is 5.73 Å². The summed E-state index contributed by atoms with van der Waals surface area (Å²) in [4.78, 5) is 15.9. The van der Waals surface area contributed by atoms with Gasteiger partial charge in [0.25, 0.3) is 5.91 Å². The van der Waals surface area contributed by atoms with Crippen molar-refractivity contribution in [2.45, 2.75) is 6.92 Å². The number of carbonyl (C=O) groups is 1. The summed E-state index contributed by atoms with van der Waals surface area (Å²) in [6.07, 6.45) is 1.75. The third-order valence-electron chi connectivity index (χ3n) is 2.11. The summed E-state index contributed by atoms with van der Waals surface area (Å²) >= 11 is 1.35. The number of thiophene rings is 1. The highest BCUT2D eigenvalue weighted by Gasteiger charge is 2.11. The SMILES string of the molecule is Cc1ccc(-c2ccsc2C(N)=O)cn1. The number of nitrogens with two attached hydrogens (primary N) is 1. The zero-order valence-corrected chi connectivity index (χ0v) is 9.04. The van der Waals surface area contributed by atoms with Crippen LogP contribution in [0.1, 0.15) is 15.4 Å². The molecule has 2 heterocycles. The molecule has 0 fully saturated rings. The van der Waals surface area contributed by atoms with E-state index in [2.05, 4.69) is 4.98 Å². The molecular formula is C11H10N2OS. The zero-order valence-electron chi connectivity index (χ0n) is 8.23. The summed E-state index contributed by atoms with van der Waals surface area (Å²) in [5.41, 5.74) is 8.02.